The standard InChI is InChI=1S/K.HNO2.Pd/c;2-1-3;/h;(H,2,3);/q+1;;/p-1. The summed E-state index contributed by atoms with van der Waals surface area (Å²) in [5.74, 6) is 0. The molecule has 0 amide bonds. The zero-order valence-corrected chi connectivity index (χ0v) is 7.26. The predicted molar refractivity (Wildman–Crippen MR) is 9.16 cm³/mol. The van der Waals surface area contributed by atoms with Gasteiger partial charge in [-0.2, -0.15) is 0 Å². The van der Waals surface area contributed by atoms with Gasteiger partial charge in [-0.25, -0.2) is 0 Å². The number of rotatable bonds is 0. The number of hydrogen-bond donors (Lipinski definition) is 0. The van der Waals surface area contributed by atoms with Gasteiger partial charge < -0.3 is 10.1 Å². The molecule has 0 unspecified atom stereocenters. The zero-order valence-electron chi connectivity index (χ0n) is 2.58. The van der Waals surface area contributed by atoms with Crippen LogP contribution in [-0.4, -0.2) is 0 Å². The van der Waals surface area contributed by atoms with Gasteiger partial charge in [-0.05, 0) is 0 Å². The fourth-order valence-electron chi connectivity index (χ4n) is 0. The molecule has 5 heavy (non-hydrogen) atoms. The van der Waals surface area contributed by atoms with Gasteiger partial charge >= 0.3 is 51.4 Å². The van der Waals surface area contributed by atoms with Crippen LogP contribution in [0.4, 0.5) is 0 Å². The SMILES string of the molecule is O=N[O-].[K+].[Pd]. The van der Waals surface area contributed by atoms with Gasteiger partial charge in [0.2, 0.25) is 0 Å². The van der Waals surface area contributed by atoms with Crippen molar-refractivity contribution in [1.29, 1.82) is 0 Å². The Hall–Kier alpha value is 1.70. The van der Waals surface area contributed by atoms with Crippen molar-refractivity contribution in [2.75, 3.05) is 0 Å². The van der Waals surface area contributed by atoms with Crippen LogP contribution in [0.5, 0.6) is 0 Å². The van der Waals surface area contributed by atoms with E-state index in [2.05, 4.69) is 0 Å². The molecular formula is KNO2Pd. The van der Waals surface area contributed by atoms with Gasteiger partial charge in [0.1, 0.15) is 0 Å². The average molecular weight is 192 g/mol. The summed E-state index contributed by atoms with van der Waals surface area (Å²) in [7, 11) is 0. The van der Waals surface area contributed by atoms with Crippen molar-refractivity contribution < 1.29 is 71.8 Å². The van der Waals surface area contributed by atoms with Gasteiger partial charge in [0.15, 0.2) is 0 Å². The second-order valence-corrected chi connectivity index (χ2v) is 0.0745. The summed E-state index contributed by atoms with van der Waals surface area (Å²) in [6, 6.07) is 0. The Kier molecular flexibility index (Phi) is 54.9. The Morgan fingerprint density at radius 3 is 1.60 bits per heavy atom. The van der Waals surface area contributed by atoms with E-state index in [-0.39, 0.29) is 71.8 Å². The monoisotopic (exact) mass is 191 g/mol. The first-order chi connectivity index (χ1) is 1.41. The van der Waals surface area contributed by atoms with Crippen LogP contribution in [0.3, 0.4) is 0 Å². The van der Waals surface area contributed by atoms with E-state index >= 15 is 0 Å². The van der Waals surface area contributed by atoms with Crippen molar-refractivity contribution >= 4 is 0 Å². The molecule has 0 N–H and O–H groups in total. The van der Waals surface area contributed by atoms with E-state index in [1.165, 1.54) is 0 Å². The molecule has 0 aromatic heterocycles. The fraction of sp³-hybridized carbons (Fsp3) is 0. The Balaban J connectivity index is -0.0000000200. The molecule has 0 bridgehead atoms. The quantitative estimate of drug-likeness (QED) is 0.237. The Morgan fingerprint density at radius 2 is 1.60 bits per heavy atom. The minimum Gasteiger partial charge on any atom is -0.444 e. The van der Waals surface area contributed by atoms with Crippen molar-refractivity contribution in [2.24, 2.45) is 5.34 Å². The molecule has 0 aromatic rings. The molecule has 0 aliphatic heterocycles. The van der Waals surface area contributed by atoms with Crippen LogP contribution < -0.4 is 51.4 Å². The first-order valence-corrected chi connectivity index (χ1v) is 0.365. The molecule has 0 saturated carbocycles. The van der Waals surface area contributed by atoms with Crippen LogP contribution >= 0.6 is 0 Å². The topological polar surface area (TPSA) is 52.5 Å². The molecule has 0 saturated heterocycles. The summed E-state index contributed by atoms with van der Waals surface area (Å²) in [6.45, 7) is 0. The molecule has 0 aromatic carbocycles. The largest absolute Gasteiger partial charge is 1.00 e. The summed E-state index contributed by atoms with van der Waals surface area (Å²) in [6.07, 6.45) is 0. The summed E-state index contributed by atoms with van der Waals surface area (Å²) in [4.78, 5) is 8.00. The number of hydrogen-bond acceptors (Lipinski definition) is 3. The van der Waals surface area contributed by atoms with Crippen LogP contribution in [-0.2, 0) is 20.4 Å². The molecule has 0 aliphatic rings. The summed E-state index contributed by atoms with van der Waals surface area (Å²) < 4.78 is 0. The Morgan fingerprint density at radius 1 is 1.60 bits per heavy atom. The van der Waals surface area contributed by atoms with E-state index in [9.17, 15) is 0 Å². The van der Waals surface area contributed by atoms with Crippen molar-refractivity contribution in [3.63, 3.8) is 0 Å². The Bertz CT molecular complexity index is 17.1. The molecule has 0 fully saturated rings. The van der Waals surface area contributed by atoms with Crippen LogP contribution in [0.15, 0.2) is 5.34 Å². The summed E-state index contributed by atoms with van der Waals surface area (Å²) in [5.41, 5.74) is 0. The average Bonchev–Trinajstić information content (AvgIpc) is 0.918. The van der Waals surface area contributed by atoms with Crippen molar-refractivity contribution in [2.45, 2.75) is 0 Å². The molecule has 0 heterocycles. The van der Waals surface area contributed by atoms with Crippen molar-refractivity contribution in [3.05, 3.63) is 10.1 Å². The predicted octanol–water partition coefficient (Wildman–Crippen LogP) is -2.75. The van der Waals surface area contributed by atoms with E-state index in [1.54, 1.807) is 0 Å². The fourth-order valence-corrected chi connectivity index (χ4v) is 0. The third kappa shape index (κ3) is 27.0. The normalized spacial score (nSPS) is 2.40. The second-order valence-electron chi connectivity index (χ2n) is 0.0745. The minimum absolute atomic E-state index is 0. The molecule has 3 nitrogen and oxygen atoms in total. The Labute approximate surface area is 85.5 Å². The molecule has 0 radical (unpaired) electrons. The van der Waals surface area contributed by atoms with Gasteiger partial charge in [0.25, 0.3) is 0 Å². The van der Waals surface area contributed by atoms with E-state index in [4.69, 9.17) is 10.1 Å². The first-order valence-electron chi connectivity index (χ1n) is 0.365. The number of nitrogens with zero attached hydrogens (tertiary/aromatic N) is 1. The molecule has 0 rings (SSSR count). The summed E-state index contributed by atoms with van der Waals surface area (Å²) in [5, 5.41) is 9.00. The third-order valence-corrected chi connectivity index (χ3v) is 0. The van der Waals surface area contributed by atoms with Gasteiger partial charge in [-0.1, -0.05) is 0 Å². The molecule has 5 heteroatoms. The van der Waals surface area contributed by atoms with E-state index in [0.29, 0.717) is 0 Å². The van der Waals surface area contributed by atoms with Crippen molar-refractivity contribution in [1.82, 2.24) is 0 Å². The van der Waals surface area contributed by atoms with Crippen LogP contribution in [0.2, 0.25) is 0 Å². The van der Waals surface area contributed by atoms with E-state index in [1.807, 2.05) is 0 Å². The van der Waals surface area contributed by atoms with E-state index in [0.717, 1.165) is 5.34 Å². The molecule has 28 valence electrons. The van der Waals surface area contributed by atoms with E-state index < -0.39 is 0 Å². The molecule has 0 atom stereocenters. The van der Waals surface area contributed by atoms with Crippen LogP contribution in [0.25, 0.3) is 0 Å². The van der Waals surface area contributed by atoms with Gasteiger partial charge in [0.05, 0.1) is 0 Å². The summed E-state index contributed by atoms with van der Waals surface area (Å²) >= 11 is 0. The maximum absolute atomic E-state index is 8.00. The second kappa shape index (κ2) is 17.3. The molecular weight excluding hydrogens is 192 g/mol. The zero-order chi connectivity index (χ0) is 2.71. The third-order valence-electron chi connectivity index (χ3n) is 0. The maximum atomic E-state index is 8.00. The van der Waals surface area contributed by atoms with Crippen molar-refractivity contribution in [3.8, 4) is 0 Å². The van der Waals surface area contributed by atoms with Gasteiger partial charge in [-0.15, -0.1) is 5.34 Å². The molecule has 0 aliphatic carbocycles. The maximum Gasteiger partial charge on any atom is 1.00 e. The van der Waals surface area contributed by atoms with Crippen LogP contribution in [0, 0.1) is 10.1 Å². The van der Waals surface area contributed by atoms with Crippen LogP contribution in [0.1, 0.15) is 0 Å². The first kappa shape index (κ1) is 15.9. The minimum atomic E-state index is 0. The smallest absolute Gasteiger partial charge is 0.444 e. The molecule has 0 spiro atoms. The van der Waals surface area contributed by atoms with Gasteiger partial charge in [0, 0.05) is 20.4 Å². The van der Waals surface area contributed by atoms with Gasteiger partial charge in [-0.3, -0.25) is 0 Å².